The fourth-order valence-corrected chi connectivity index (χ4v) is 10.8. The Morgan fingerprint density at radius 1 is 0.509 bits per heavy atom. The van der Waals surface area contributed by atoms with Crippen LogP contribution in [-0.2, 0) is 5.41 Å². The van der Waals surface area contributed by atoms with Crippen molar-refractivity contribution in [3.05, 3.63) is 216 Å². The molecule has 4 aliphatic rings. The minimum Gasteiger partial charge on any atom is -0.333 e. The molecule has 2 aliphatic carbocycles. The summed E-state index contributed by atoms with van der Waals surface area (Å²) in [5.41, 5.74) is 19.7. The van der Waals surface area contributed by atoms with Gasteiger partial charge in [0.1, 0.15) is 0 Å². The van der Waals surface area contributed by atoms with Crippen LogP contribution < -0.4 is 4.90 Å². The molecule has 0 saturated heterocycles. The second kappa shape index (κ2) is 11.4. The van der Waals surface area contributed by atoms with E-state index in [4.69, 9.17) is 0 Å². The Balaban J connectivity index is 0.947. The lowest BCUT2D eigenvalue weighted by atomic mass is 9.70. The van der Waals surface area contributed by atoms with Crippen LogP contribution in [0.5, 0.6) is 0 Å². The second-order valence-electron chi connectivity index (χ2n) is 15.7. The van der Waals surface area contributed by atoms with E-state index in [-0.39, 0.29) is 12.0 Å². The van der Waals surface area contributed by atoms with Crippen LogP contribution in [0.15, 0.2) is 193 Å². The van der Waals surface area contributed by atoms with Crippen molar-refractivity contribution >= 4 is 39.4 Å². The highest BCUT2D eigenvalue weighted by Gasteiger charge is 2.52. The largest absolute Gasteiger partial charge is 0.333 e. The van der Waals surface area contributed by atoms with E-state index >= 15 is 0 Å². The molecule has 4 nitrogen and oxygen atoms in total. The van der Waals surface area contributed by atoms with Crippen LogP contribution in [0.25, 0.3) is 60.9 Å². The van der Waals surface area contributed by atoms with Gasteiger partial charge in [-0.05, 0) is 116 Å². The standard InChI is InChI=1S/C53H34N4/c1-5-13-45-37(9-1)38-10-2-6-14-46(38)53(45)47-25-27-54-31-43(47)41-29-42-39-11-3-7-15-49(39)57(52(42)30-48(41)53)36-23-19-34(20-24-36)33-17-21-35(22-18-33)56-50-16-8-4-12-40(50)44-32-55-28-26-51(44)56/h1-32,44,51H. The average molecular weight is 727 g/mol. The van der Waals surface area contributed by atoms with Crippen molar-refractivity contribution in [1.82, 2.24) is 9.55 Å². The molecule has 0 saturated carbocycles. The SMILES string of the molecule is C1=CC2C(C=N1)c1ccccc1N2c1ccc(-c2ccc(-n3c4ccccc4c4cc5c(cc43)C3(c4ccccc4-c4ccccc43)c3ccncc3-5)cc2)cc1. The number of pyridine rings is 1. The van der Waals surface area contributed by atoms with Crippen LogP contribution in [0.2, 0.25) is 0 Å². The zero-order valence-electron chi connectivity index (χ0n) is 30.9. The number of para-hydroxylation sites is 2. The maximum atomic E-state index is 4.69. The first-order chi connectivity index (χ1) is 28.3. The Morgan fingerprint density at radius 2 is 1.18 bits per heavy atom. The van der Waals surface area contributed by atoms with E-state index in [1.807, 2.05) is 12.4 Å². The predicted octanol–water partition coefficient (Wildman–Crippen LogP) is 12.4. The van der Waals surface area contributed by atoms with E-state index in [2.05, 4.69) is 202 Å². The molecule has 13 rings (SSSR count). The quantitative estimate of drug-likeness (QED) is 0.182. The number of rotatable bonds is 3. The van der Waals surface area contributed by atoms with Gasteiger partial charge in [0, 0.05) is 64.1 Å². The highest BCUT2D eigenvalue weighted by atomic mass is 15.2. The molecule has 2 aromatic heterocycles. The monoisotopic (exact) mass is 726 g/mol. The molecule has 4 heteroatoms. The number of nitrogens with zero attached hydrogens (tertiary/aromatic N) is 4. The Bertz CT molecular complexity index is 3160. The zero-order valence-corrected chi connectivity index (χ0v) is 30.9. The summed E-state index contributed by atoms with van der Waals surface area (Å²) in [6, 6.07) is 61.1. The summed E-state index contributed by atoms with van der Waals surface area (Å²) in [7, 11) is 0. The third-order valence-corrected chi connectivity index (χ3v) is 13.1. The van der Waals surface area contributed by atoms with E-state index in [1.54, 1.807) is 0 Å². The van der Waals surface area contributed by atoms with Gasteiger partial charge in [0.05, 0.1) is 22.5 Å². The summed E-state index contributed by atoms with van der Waals surface area (Å²) in [4.78, 5) is 11.6. The van der Waals surface area contributed by atoms with Gasteiger partial charge in [0.2, 0.25) is 0 Å². The summed E-state index contributed by atoms with van der Waals surface area (Å²) >= 11 is 0. The molecule has 0 radical (unpaired) electrons. The number of benzene rings is 7. The molecule has 0 fully saturated rings. The van der Waals surface area contributed by atoms with Crippen molar-refractivity contribution < 1.29 is 0 Å². The normalized spacial score (nSPS) is 17.4. The maximum absolute atomic E-state index is 4.69. The third-order valence-electron chi connectivity index (χ3n) is 13.1. The molecule has 0 bridgehead atoms. The van der Waals surface area contributed by atoms with Crippen LogP contribution in [-0.4, -0.2) is 21.8 Å². The highest BCUT2D eigenvalue weighted by Crippen LogP contribution is 2.63. The molecule has 4 heterocycles. The first kappa shape index (κ1) is 31.0. The van der Waals surface area contributed by atoms with Gasteiger partial charge < -0.3 is 9.47 Å². The topological polar surface area (TPSA) is 33.4 Å². The van der Waals surface area contributed by atoms with Crippen LogP contribution in [0.1, 0.15) is 33.7 Å². The first-order valence-electron chi connectivity index (χ1n) is 19.8. The van der Waals surface area contributed by atoms with Gasteiger partial charge in [-0.3, -0.25) is 9.98 Å². The highest BCUT2D eigenvalue weighted by molar-refractivity contribution is 6.12. The summed E-state index contributed by atoms with van der Waals surface area (Å²) < 4.78 is 2.46. The number of hydrogen-bond donors (Lipinski definition) is 0. The van der Waals surface area contributed by atoms with Gasteiger partial charge in [-0.15, -0.1) is 0 Å². The van der Waals surface area contributed by atoms with Crippen molar-refractivity contribution in [2.24, 2.45) is 4.99 Å². The van der Waals surface area contributed by atoms with Gasteiger partial charge in [-0.25, -0.2) is 0 Å². The van der Waals surface area contributed by atoms with Crippen molar-refractivity contribution in [2.75, 3.05) is 4.90 Å². The molecule has 266 valence electrons. The van der Waals surface area contributed by atoms with Crippen molar-refractivity contribution in [3.8, 4) is 39.1 Å². The van der Waals surface area contributed by atoms with Crippen LogP contribution in [0.3, 0.4) is 0 Å². The van der Waals surface area contributed by atoms with Gasteiger partial charge in [0.15, 0.2) is 0 Å². The molecule has 2 atom stereocenters. The Morgan fingerprint density at radius 3 is 1.96 bits per heavy atom. The fraction of sp³-hybridized carbons (Fsp3) is 0.0566. The van der Waals surface area contributed by atoms with Crippen LogP contribution >= 0.6 is 0 Å². The second-order valence-corrected chi connectivity index (χ2v) is 15.7. The molecule has 9 aromatic rings. The van der Waals surface area contributed by atoms with Gasteiger partial charge in [-0.1, -0.05) is 109 Å². The van der Waals surface area contributed by atoms with E-state index in [0.29, 0.717) is 0 Å². The summed E-state index contributed by atoms with van der Waals surface area (Å²) in [5.74, 6) is 0.267. The van der Waals surface area contributed by atoms with Crippen LogP contribution in [0.4, 0.5) is 11.4 Å². The summed E-state index contributed by atoms with van der Waals surface area (Å²) in [6.45, 7) is 0. The molecule has 2 unspecified atom stereocenters. The predicted molar refractivity (Wildman–Crippen MR) is 233 cm³/mol. The minimum atomic E-state index is -0.425. The molecular formula is C53H34N4. The van der Waals surface area contributed by atoms with Crippen LogP contribution in [0, 0.1) is 0 Å². The van der Waals surface area contributed by atoms with E-state index in [1.165, 1.54) is 94.4 Å². The lowest BCUT2D eigenvalue weighted by Crippen LogP contribution is -2.29. The average Bonchev–Trinajstić information content (AvgIpc) is 3.98. The summed E-state index contributed by atoms with van der Waals surface area (Å²) in [6.07, 6.45) is 10.3. The first-order valence-corrected chi connectivity index (χ1v) is 19.8. The lowest BCUT2D eigenvalue weighted by molar-refractivity contribution is 0.780. The number of aliphatic imine (C=N–C) groups is 1. The van der Waals surface area contributed by atoms with E-state index < -0.39 is 5.41 Å². The molecule has 2 aliphatic heterocycles. The molecule has 57 heavy (non-hydrogen) atoms. The Kier molecular flexibility index (Phi) is 6.18. The minimum absolute atomic E-state index is 0.233. The number of anilines is 2. The van der Waals surface area contributed by atoms with Crippen molar-refractivity contribution in [3.63, 3.8) is 0 Å². The van der Waals surface area contributed by atoms with Crippen molar-refractivity contribution in [1.29, 1.82) is 0 Å². The lowest BCUT2D eigenvalue weighted by Gasteiger charge is -2.30. The smallest absolute Gasteiger partial charge is 0.0727 e. The Hall–Kier alpha value is -7.30. The number of fused-ring (bicyclic) bond motifs is 16. The number of hydrogen-bond acceptors (Lipinski definition) is 3. The van der Waals surface area contributed by atoms with E-state index in [9.17, 15) is 0 Å². The van der Waals surface area contributed by atoms with Crippen molar-refractivity contribution in [2.45, 2.75) is 17.4 Å². The molecule has 0 N–H and O–H groups in total. The summed E-state index contributed by atoms with van der Waals surface area (Å²) in [5, 5.41) is 2.50. The zero-order chi connectivity index (χ0) is 37.2. The molecule has 0 amide bonds. The Labute approximate surface area is 330 Å². The fourth-order valence-electron chi connectivity index (χ4n) is 10.8. The molecular weight excluding hydrogens is 693 g/mol. The number of aromatic nitrogens is 2. The van der Waals surface area contributed by atoms with Gasteiger partial charge in [0.25, 0.3) is 0 Å². The van der Waals surface area contributed by atoms with E-state index in [0.717, 1.165) is 5.69 Å². The van der Waals surface area contributed by atoms with Gasteiger partial charge >= 0.3 is 0 Å². The van der Waals surface area contributed by atoms with Gasteiger partial charge in [-0.2, -0.15) is 0 Å². The maximum Gasteiger partial charge on any atom is 0.0727 e. The molecule has 7 aromatic carbocycles. The molecule has 1 spiro atoms. The third kappa shape index (κ3) is 4.01.